The molecule has 2 aliphatic carbocycles. The molecule has 0 amide bonds. The minimum atomic E-state index is -4.15. The number of alkyl halides is 6. The average molecular weight is 833 g/mol. The molecule has 2 saturated carbocycles. The Bertz CT molecular complexity index is 2020. The highest BCUT2D eigenvalue weighted by atomic mass is 32.2. The number of nitrogens with zero attached hydrogens (tertiary/aromatic N) is 4. The van der Waals surface area contributed by atoms with Gasteiger partial charge in [0.15, 0.2) is 0 Å². The molecule has 2 heterocycles. The van der Waals surface area contributed by atoms with Crippen molar-refractivity contribution in [2.75, 3.05) is 24.7 Å². The highest BCUT2D eigenvalue weighted by Crippen LogP contribution is 2.41. The number of aryl methyl sites for hydroxylation is 2. The predicted octanol–water partition coefficient (Wildman–Crippen LogP) is 7.06. The molecule has 4 aromatic rings. The highest BCUT2D eigenvalue weighted by molar-refractivity contribution is 7.89. The molecule has 0 aliphatic heterocycles. The Morgan fingerprint density at radius 2 is 0.929 bits per heavy atom. The van der Waals surface area contributed by atoms with Gasteiger partial charge in [-0.2, -0.15) is 26.3 Å². The van der Waals surface area contributed by atoms with Gasteiger partial charge in [-0.25, -0.2) is 36.2 Å². The number of aromatic nitrogens is 4. The third-order valence-corrected chi connectivity index (χ3v) is 13.0. The predicted molar refractivity (Wildman–Crippen MR) is 201 cm³/mol. The van der Waals surface area contributed by atoms with E-state index in [2.05, 4.69) is 30.0 Å². The normalized spacial score (nSPS) is 20.9. The summed E-state index contributed by atoms with van der Waals surface area (Å²) in [5, 5.41) is 6.59. The fraction of sp³-hybridized carbons (Fsp3) is 0.500. The van der Waals surface area contributed by atoms with Gasteiger partial charge >= 0.3 is 12.4 Å². The first-order valence-electron chi connectivity index (χ1n) is 18.0. The fourth-order valence-corrected chi connectivity index (χ4v) is 8.48. The minimum Gasteiger partial charge on any atom is -0.382 e. The van der Waals surface area contributed by atoms with Crippen molar-refractivity contribution in [3.05, 3.63) is 61.4 Å². The van der Waals surface area contributed by atoms with Crippen molar-refractivity contribution >= 4 is 31.4 Å². The quantitative estimate of drug-likeness (QED) is 0.124. The monoisotopic (exact) mass is 832 g/mol. The smallest absolute Gasteiger partial charge is 0.382 e. The van der Waals surface area contributed by atoms with E-state index in [1.165, 1.54) is 38.4 Å². The summed E-state index contributed by atoms with van der Waals surface area (Å²) in [6.07, 6.45) is 0.417. The Labute approximate surface area is 322 Å². The van der Waals surface area contributed by atoms with Crippen molar-refractivity contribution < 1.29 is 43.2 Å². The van der Waals surface area contributed by atoms with Gasteiger partial charge in [0.05, 0.1) is 45.7 Å². The van der Waals surface area contributed by atoms with Crippen LogP contribution in [-0.4, -0.2) is 74.5 Å². The van der Waals surface area contributed by atoms with Crippen LogP contribution in [0.2, 0.25) is 0 Å². The standard InChI is InChI=1S/2C18H23F3N4O2S/c2*1-22-28(26,27)14-7-8-16(15(9-14)17-10-25(2)11-23-17)24-13-5-3-12(4-6-13)18(19,20)21/h2*7-13,22,24H,3-6H2,1-2H3. The number of rotatable bonds is 10. The van der Waals surface area contributed by atoms with Gasteiger partial charge in [0, 0.05) is 61.1 Å². The number of halogens is 6. The molecule has 20 heteroatoms. The summed E-state index contributed by atoms with van der Waals surface area (Å²) in [6, 6.07) is 9.08. The third kappa shape index (κ3) is 10.6. The van der Waals surface area contributed by atoms with E-state index in [4.69, 9.17) is 0 Å². The number of hydrogen-bond donors (Lipinski definition) is 4. The van der Waals surface area contributed by atoms with E-state index in [-0.39, 0.29) is 47.6 Å². The molecule has 2 aromatic carbocycles. The van der Waals surface area contributed by atoms with Crippen LogP contribution in [0.1, 0.15) is 51.4 Å². The lowest BCUT2D eigenvalue weighted by atomic mass is 9.85. The Morgan fingerprint density at radius 1 is 0.589 bits per heavy atom. The fourth-order valence-electron chi connectivity index (χ4n) is 6.97. The van der Waals surface area contributed by atoms with Crippen molar-refractivity contribution in [1.29, 1.82) is 0 Å². The Balaban J connectivity index is 0.000000214. The van der Waals surface area contributed by atoms with Gasteiger partial charge in [-0.1, -0.05) is 0 Å². The molecule has 308 valence electrons. The maximum absolute atomic E-state index is 12.9. The molecule has 12 nitrogen and oxygen atoms in total. The molecule has 0 bridgehead atoms. The van der Waals surface area contributed by atoms with E-state index in [0.29, 0.717) is 59.6 Å². The van der Waals surface area contributed by atoms with Crippen LogP contribution >= 0.6 is 0 Å². The van der Waals surface area contributed by atoms with Crippen molar-refractivity contribution in [2.24, 2.45) is 25.9 Å². The van der Waals surface area contributed by atoms with Gasteiger partial charge in [0.2, 0.25) is 20.0 Å². The second-order valence-corrected chi connectivity index (χ2v) is 17.9. The van der Waals surface area contributed by atoms with Crippen molar-refractivity contribution in [2.45, 2.75) is 85.6 Å². The average Bonchev–Trinajstić information content (AvgIpc) is 3.79. The lowest BCUT2D eigenvalue weighted by Gasteiger charge is -2.31. The van der Waals surface area contributed by atoms with E-state index in [0.717, 1.165) is 0 Å². The first-order chi connectivity index (χ1) is 26.2. The zero-order chi connectivity index (χ0) is 41.1. The number of nitrogens with one attached hydrogen (secondary N) is 4. The summed E-state index contributed by atoms with van der Waals surface area (Å²) < 4.78 is 134. The van der Waals surface area contributed by atoms with Gasteiger partial charge in [-0.3, -0.25) is 0 Å². The van der Waals surface area contributed by atoms with E-state index >= 15 is 0 Å². The lowest BCUT2D eigenvalue weighted by Crippen LogP contribution is -2.33. The van der Waals surface area contributed by atoms with Crippen LogP contribution in [-0.2, 0) is 34.1 Å². The minimum absolute atomic E-state index is 0.0896. The van der Waals surface area contributed by atoms with Crippen LogP contribution in [0.25, 0.3) is 22.5 Å². The Kier molecular flexibility index (Phi) is 13.2. The SMILES string of the molecule is CNS(=O)(=O)c1ccc(NC2CCC(C(F)(F)F)CC2)c(-c2cn(C)cn2)c1.CNS(=O)(=O)c1ccc(NC2CCC(C(F)(F)F)CC2)c(-c2cn(C)cn2)c1. The summed E-state index contributed by atoms with van der Waals surface area (Å²) in [6.45, 7) is 0. The van der Waals surface area contributed by atoms with Crippen molar-refractivity contribution in [1.82, 2.24) is 28.5 Å². The summed E-state index contributed by atoms with van der Waals surface area (Å²) in [4.78, 5) is 8.78. The number of imidazole rings is 2. The van der Waals surface area contributed by atoms with E-state index in [1.54, 1.807) is 60.4 Å². The van der Waals surface area contributed by atoms with Crippen LogP contribution in [0.4, 0.5) is 37.7 Å². The molecular formula is C36H46F6N8O4S2. The van der Waals surface area contributed by atoms with Gasteiger partial charge in [-0.05, 0) is 102 Å². The van der Waals surface area contributed by atoms with Crippen LogP contribution < -0.4 is 20.1 Å². The topological polar surface area (TPSA) is 152 Å². The number of anilines is 2. The molecule has 4 N–H and O–H groups in total. The molecule has 2 aliphatic rings. The summed E-state index contributed by atoms with van der Waals surface area (Å²) in [7, 11) is -0.993. The molecule has 0 spiro atoms. The van der Waals surface area contributed by atoms with E-state index in [9.17, 15) is 43.2 Å². The van der Waals surface area contributed by atoms with Crippen LogP contribution in [0.3, 0.4) is 0 Å². The van der Waals surface area contributed by atoms with Crippen LogP contribution in [0, 0.1) is 11.8 Å². The number of hydrogen-bond acceptors (Lipinski definition) is 8. The molecule has 2 aromatic heterocycles. The maximum Gasteiger partial charge on any atom is 0.391 e. The maximum atomic E-state index is 12.9. The van der Waals surface area contributed by atoms with Gasteiger partial charge < -0.3 is 19.8 Å². The van der Waals surface area contributed by atoms with E-state index in [1.807, 2.05) is 0 Å². The lowest BCUT2D eigenvalue weighted by molar-refractivity contribution is -0.182. The second-order valence-electron chi connectivity index (χ2n) is 14.1. The van der Waals surface area contributed by atoms with Gasteiger partial charge in [0.1, 0.15) is 0 Å². The second kappa shape index (κ2) is 17.2. The van der Waals surface area contributed by atoms with Gasteiger partial charge in [0.25, 0.3) is 0 Å². The van der Waals surface area contributed by atoms with Gasteiger partial charge in [-0.15, -0.1) is 0 Å². The highest BCUT2D eigenvalue weighted by Gasteiger charge is 2.42. The number of benzene rings is 2. The summed E-state index contributed by atoms with van der Waals surface area (Å²) >= 11 is 0. The molecular weight excluding hydrogens is 787 g/mol. The van der Waals surface area contributed by atoms with Crippen molar-refractivity contribution in [3.8, 4) is 22.5 Å². The molecule has 0 saturated heterocycles. The van der Waals surface area contributed by atoms with Crippen LogP contribution in [0.15, 0.2) is 71.2 Å². The largest absolute Gasteiger partial charge is 0.391 e. The molecule has 2 fully saturated rings. The molecule has 0 radical (unpaired) electrons. The van der Waals surface area contributed by atoms with Crippen molar-refractivity contribution in [3.63, 3.8) is 0 Å². The zero-order valence-electron chi connectivity index (χ0n) is 31.2. The first-order valence-corrected chi connectivity index (χ1v) is 20.9. The zero-order valence-corrected chi connectivity index (χ0v) is 32.9. The molecule has 0 unspecified atom stereocenters. The van der Waals surface area contributed by atoms with Crippen LogP contribution in [0.5, 0.6) is 0 Å². The van der Waals surface area contributed by atoms with E-state index < -0.39 is 44.2 Å². The Morgan fingerprint density at radius 3 is 1.20 bits per heavy atom. The molecule has 6 rings (SSSR count). The summed E-state index contributed by atoms with van der Waals surface area (Å²) in [5.74, 6) is -2.49. The number of sulfonamides is 2. The Hall–Kier alpha value is -4.14. The third-order valence-electron chi connectivity index (χ3n) is 10.2. The summed E-state index contributed by atoms with van der Waals surface area (Å²) in [5.41, 5.74) is 3.67. The first kappa shape index (κ1) is 43.0. The molecule has 56 heavy (non-hydrogen) atoms. The molecule has 0 atom stereocenters.